The van der Waals surface area contributed by atoms with Crippen molar-refractivity contribution in [3.05, 3.63) is 0 Å². The molecular formula is C10H22OSi. The number of hydrogen-bond acceptors (Lipinski definition) is 1. The van der Waals surface area contributed by atoms with E-state index in [1.165, 1.54) is 12.8 Å². The Morgan fingerprint density at radius 2 is 1.92 bits per heavy atom. The Kier molecular flexibility index (Phi) is 2.69. The minimum atomic E-state index is -1.08. The molecule has 0 unspecified atom stereocenters. The van der Waals surface area contributed by atoms with Gasteiger partial charge in [-0.15, -0.1) is 0 Å². The first-order chi connectivity index (χ1) is 5.35. The van der Waals surface area contributed by atoms with E-state index in [2.05, 4.69) is 26.6 Å². The van der Waals surface area contributed by atoms with Gasteiger partial charge in [-0.2, -0.15) is 0 Å². The quantitative estimate of drug-likeness (QED) is 0.624. The van der Waals surface area contributed by atoms with Gasteiger partial charge >= 0.3 is 0 Å². The van der Waals surface area contributed by atoms with Gasteiger partial charge in [-0.1, -0.05) is 39.4 Å². The molecule has 0 bridgehead atoms. The van der Waals surface area contributed by atoms with Gasteiger partial charge in [-0.05, 0) is 17.9 Å². The molecule has 0 radical (unpaired) electrons. The van der Waals surface area contributed by atoms with E-state index in [0.29, 0.717) is 5.04 Å². The van der Waals surface area contributed by atoms with Crippen molar-refractivity contribution in [3.8, 4) is 0 Å². The van der Waals surface area contributed by atoms with Crippen LogP contribution in [0.25, 0.3) is 0 Å². The molecule has 0 aliphatic heterocycles. The molecule has 12 heavy (non-hydrogen) atoms. The van der Waals surface area contributed by atoms with Crippen LogP contribution in [0, 0.1) is 0 Å². The first-order valence-electron chi connectivity index (χ1n) is 5.03. The molecule has 1 rings (SSSR count). The van der Waals surface area contributed by atoms with Gasteiger partial charge in [0.1, 0.15) is 0 Å². The molecule has 0 amide bonds. The van der Waals surface area contributed by atoms with Gasteiger partial charge in [0.05, 0.1) is 14.2 Å². The summed E-state index contributed by atoms with van der Waals surface area (Å²) in [6, 6.07) is 0. The highest BCUT2D eigenvalue weighted by atomic mass is 28.3. The van der Waals surface area contributed by atoms with E-state index in [1.54, 1.807) is 0 Å². The first-order valence-corrected chi connectivity index (χ1v) is 8.53. The zero-order valence-corrected chi connectivity index (χ0v) is 9.85. The summed E-state index contributed by atoms with van der Waals surface area (Å²) in [5.41, 5.74) is 0. The van der Waals surface area contributed by atoms with Crippen molar-refractivity contribution in [1.82, 2.24) is 0 Å². The van der Waals surface area contributed by atoms with Crippen LogP contribution in [0.15, 0.2) is 0 Å². The lowest BCUT2D eigenvalue weighted by molar-refractivity contribution is 0.109. The second-order valence-corrected chi connectivity index (χ2v) is 11.3. The molecule has 0 spiro atoms. The lowest BCUT2D eigenvalue weighted by Gasteiger charge is -2.45. The molecule has 0 aromatic rings. The van der Waals surface area contributed by atoms with Gasteiger partial charge in [0.25, 0.3) is 0 Å². The maximum absolute atomic E-state index is 9.63. The van der Waals surface area contributed by atoms with Crippen molar-refractivity contribution in [2.75, 3.05) is 0 Å². The summed E-state index contributed by atoms with van der Waals surface area (Å²) in [6.45, 7) is 9.64. The molecule has 1 N–H and O–H groups in total. The summed E-state index contributed by atoms with van der Waals surface area (Å²) in [4.78, 5) is 0. The predicted octanol–water partition coefficient (Wildman–Crippen LogP) is 3.02. The summed E-state index contributed by atoms with van der Waals surface area (Å²) in [5, 5.41) is 10.1. The number of rotatable bonds is 1. The SMILES string of the molecule is C[C@@]1([Si](C)(C)C)CCC[C@H](O)C1. The number of aliphatic hydroxyl groups is 1. The smallest absolute Gasteiger partial charge is 0.0542 e. The average molecular weight is 186 g/mol. The van der Waals surface area contributed by atoms with Crippen LogP contribution in [-0.2, 0) is 0 Å². The molecule has 2 heteroatoms. The normalized spacial score (nSPS) is 38.2. The van der Waals surface area contributed by atoms with Gasteiger partial charge in [0.2, 0.25) is 0 Å². The summed E-state index contributed by atoms with van der Waals surface area (Å²) in [5.74, 6) is 0. The predicted molar refractivity (Wildman–Crippen MR) is 56.2 cm³/mol. The van der Waals surface area contributed by atoms with Gasteiger partial charge in [0, 0.05) is 0 Å². The zero-order valence-electron chi connectivity index (χ0n) is 8.85. The van der Waals surface area contributed by atoms with Crippen LogP contribution in [0.2, 0.25) is 24.7 Å². The fourth-order valence-electron chi connectivity index (χ4n) is 2.13. The summed E-state index contributed by atoms with van der Waals surface area (Å²) in [7, 11) is -1.08. The molecule has 1 nitrogen and oxygen atoms in total. The Morgan fingerprint density at radius 1 is 1.33 bits per heavy atom. The van der Waals surface area contributed by atoms with Crippen molar-refractivity contribution in [2.24, 2.45) is 0 Å². The van der Waals surface area contributed by atoms with E-state index in [-0.39, 0.29) is 6.10 Å². The molecule has 0 saturated heterocycles. The fourth-order valence-corrected chi connectivity index (χ4v) is 3.91. The molecule has 2 atom stereocenters. The van der Waals surface area contributed by atoms with Crippen molar-refractivity contribution in [1.29, 1.82) is 0 Å². The van der Waals surface area contributed by atoms with Gasteiger partial charge in [-0.25, -0.2) is 0 Å². The van der Waals surface area contributed by atoms with E-state index in [4.69, 9.17) is 0 Å². The maximum atomic E-state index is 9.63. The van der Waals surface area contributed by atoms with Crippen molar-refractivity contribution in [3.63, 3.8) is 0 Å². The van der Waals surface area contributed by atoms with Crippen LogP contribution in [-0.4, -0.2) is 19.3 Å². The van der Waals surface area contributed by atoms with Gasteiger partial charge in [0.15, 0.2) is 0 Å². The fraction of sp³-hybridized carbons (Fsp3) is 1.00. The topological polar surface area (TPSA) is 20.2 Å². The standard InChI is InChI=1S/C10H22OSi/c1-10(12(2,3)4)7-5-6-9(11)8-10/h9,11H,5-8H2,1-4H3/t9-,10+/m0/s1. The largest absolute Gasteiger partial charge is 0.393 e. The molecule has 0 heterocycles. The summed E-state index contributed by atoms with van der Waals surface area (Å²) in [6.07, 6.45) is 4.61. The van der Waals surface area contributed by atoms with E-state index in [0.717, 1.165) is 12.8 Å². The number of hydrogen-bond donors (Lipinski definition) is 1. The third kappa shape index (κ3) is 1.91. The Hall–Kier alpha value is 0.177. The molecular weight excluding hydrogens is 164 g/mol. The molecule has 1 aliphatic carbocycles. The third-order valence-electron chi connectivity index (χ3n) is 3.76. The highest BCUT2D eigenvalue weighted by molar-refractivity contribution is 6.79. The third-order valence-corrected chi connectivity index (χ3v) is 7.84. The lowest BCUT2D eigenvalue weighted by atomic mass is 9.87. The molecule has 1 aliphatic rings. The van der Waals surface area contributed by atoms with Gasteiger partial charge in [-0.3, -0.25) is 0 Å². The van der Waals surface area contributed by atoms with Crippen LogP contribution in [0.4, 0.5) is 0 Å². The lowest BCUT2D eigenvalue weighted by Crippen LogP contribution is -2.42. The second-order valence-electron chi connectivity index (χ2n) is 5.56. The Morgan fingerprint density at radius 3 is 2.25 bits per heavy atom. The minimum absolute atomic E-state index is 0.0181. The molecule has 0 aromatic carbocycles. The maximum Gasteiger partial charge on any atom is 0.0542 e. The second kappa shape index (κ2) is 3.15. The highest BCUT2D eigenvalue weighted by Crippen LogP contribution is 2.49. The van der Waals surface area contributed by atoms with Crippen LogP contribution in [0.5, 0.6) is 0 Å². The number of aliphatic hydroxyl groups excluding tert-OH is 1. The Balaban J connectivity index is 2.70. The zero-order chi connectivity index (χ0) is 9.41. The van der Waals surface area contributed by atoms with E-state index in [9.17, 15) is 5.11 Å². The Labute approximate surface area is 77.2 Å². The van der Waals surface area contributed by atoms with Crippen molar-refractivity contribution < 1.29 is 5.11 Å². The van der Waals surface area contributed by atoms with Crippen molar-refractivity contribution >= 4 is 8.07 Å². The molecule has 1 fully saturated rings. The first kappa shape index (κ1) is 10.3. The average Bonchev–Trinajstić information content (AvgIpc) is 1.83. The highest BCUT2D eigenvalue weighted by Gasteiger charge is 2.41. The van der Waals surface area contributed by atoms with Crippen LogP contribution in [0.1, 0.15) is 32.6 Å². The molecule has 72 valence electrons. The summed E-state index contributed by atoms with van der Waals surface area (Å²) >= 11 is 0. The van der Waals surface area contributed by atoms with Crippen LogP contribution >= 0.6 is 0 Å². The van der Waals surface area contributed by atoms with Crippen LogP contribution < -0.4 is 0 Å². The van der Waals surface area contributed by atoms with Crippen LogP contribution in [0.3, 0.4) is 0 Å². The van der Waals surface area contributed by atoms with Gasteiger partial charge < -0.3 is 5.11 Å². The van der Waals surface area contributed by atoms with E-state index >= 15 is 0 Å². The minimum Gasteiger partial charge on any atom is -0.393 e. The van der Waals surface area contributed by atoms with Crippen molar-refractivity contribution in [2.45, 2.75) is 63.4 Å². The molecule has 1 saturated carbocycles. The van der Waals surface area contributed by atoms with E-state index in [1.807, 2.05) is 0 Å². The summed E-state index contributed by atoms with van der Waals surface area (Å²) < 4.78 is 0. The van der Waals surface area contributed by atoms with E-state index < -0.39 is 8.07 Å². The monoisotopic (exact) mass is 186 g/mol. The Bertz CT molecular complexity index is 162. The molecule has 0 aromatic heterocycles.